The molecule has 0 aliphatic heterocycles. The second-order valence-electron chi connectivity index (χ2n) is 6.93. The van der Waals surface area contributed by atoms with E-state index in [-0.39, 0.29) is 37.4 Å². The second-order valence-corrected chi connectivity index (χ2v) is 6.93. The van der Waals surface area contributed by atoms with Crippen molar-refractivity contribution in [3.8, 4) is 11.5 Å². The molecule has 0 spiro atoms. The van der Waals surface area contributed by atoms with Gasteiger partial charge < -0.3 is 25.1 Å². The number of hydrogen-bond donors (Lipinski definition) is 2. The minimum Gasteiger partial charge on any atom is -0.482 e. The fourth-order valence-corrected chi connectivity index (χ4v) is 2.88. The zero-order valence-electron chi connectivity index (χ0n) is 16.1. The maximum atomic E-state index is 12.2. The van der Waals surface area contributed by atoms with E-state index in [1.165, 1.54) is 0 Å². The number of ether oxygens (including phenoxy) is 3. The van der Waals surface area contributed by atoms with E-state index in [1.54, 1.807) is 42.5 Å². The number of esters is 2. The summed E-state index contributed by atoms with van der Waals surface area (Å²) >= 11 is 0. The van der Waals surface area contributed by atoms with E-state index in [0.29, 0.717) is 16.9 Å². The lowest BCUT2D eigenvalue weighted by molar-refractivity contribution is -0.152. The Balaban J connectivity index is 1.66. The van der Waals surface area contributed by atoms with Crippen molar-refractivity contribution in [2.24, 2.45) is 11.7 Å². The number of carbonyl (C=O) groups excluding carboxylic acids is 2. The van der Waals surface area contributed by atoms with Gasteiger partial charge >= 0.3 is 11.9 Å². The lowest BCUT2D eigenvalue weighted by Gasteiger charge is -2.23. The predicted molar refractivity (Wildman–Crippen MR) is 105 cm³/mol. The highest BCUT2D eigenvalue weighted by Gasteiger charge is 2.27. The Morgan fingerprint density at radius 2 is 1.90 bits per heavy atom. The van der Waals surface area contributed by atoms with Crippen molar-refractivity contribution < 1.29 is 28.9 Å². The predicted octanol–water partition coefficient (Wildman–Crippen LogP) is 2.51. The van der Waals surface area contributed by atoms with Gasteiger partial charge in [-0.3, -0.25) is 4.79 Å². The first-order chi connectivity index (χ1) is 14.1. The van der Waals surface area contributed by atoms with Gasteiger partial charge in [0.1, 0.15) is 18.1 Å². The molecule has 0 amide bonds. The van der Waals surface area contributed by atoms with Crippen molar-refractivity contribution in [3.05, 3.63) is 59.7 Å². The lowest BCUT2D eigenvalue weighted by Crippen LogP contribution is -2.24. The van der Waals surface area contributed by atoms with Gasteiger partial charge in [0.15, 0.2) is 6.61 Å². The average molecular weight is 399 g/mol. The van der Waals surface area contributed by atoms with Gasteiger partial charge in [-0.05, 0) is 42.7 Å². The van der Waals surface area contributed by atoms with E-state index in [1.807, 2.05) is 6.07 Å². The zero-order valence-corrected chi connectivity index (χ0v) is 16.1. The molecule has 0 aromatic heterocycles. The summed E-state index contributed by atoms with van der Waals surface area (Å²) in [6, 6.07) is 13.7. The fraction of sp³-hybridized carbons (Fsp3) is 0.364. The van der Waals surface area contributed by atoms with Crippen LogP contribution in [0.5, 0.6) is 11.5 Å². The molecule has 0 saturated heterocycles. The number of para-hydroxylation sites is 1. The lowest BCUT2D eigenvalue weighted by atomic mass is 9.86. The van der Waals surface area contributed by atoms with Gasteiger partial charge in [-0.25, -0.2) is 4.79 Å². The standard InChI is InChI=1S/C22H25NO6/c23-12-19(24)16-9-10-20(17(11-16)13-28-22(26)15-5-4-6-15)29-21(25)14-27-18-7-2-1-3-8-18/h1-3,7-11,15,19,24H,4-6,12-14,23H2. The van der Waals surface area contributed by atoms with E-state index < -0.39 is 12.1 Å². The van der Waals surface area contributed by atoms with Crippen LogP contribution in [0.3, 0.4) is 0 Å². The molecular formula is C22H25NO6. The van der Waals surface area contributed by atoms with Crippen LogP contribution in [0.1, 0.15) is 36.5 Å². The van der Waals surface area contributed by atoms with Gasteiger partial charge in [0, 0.05) is 12.1 Å². The molecular weight excluding hydrogens is 374 g/mol. The Hall–Kier alpha value is -2.90. The molecule has 1 atom stereocenters. The number of benzene rings is 2. The SMILES string of the molecule is NCC(O)c1ccc(OC(=O)COc2ccccc2)c(COC(=O)C2CCC2)c1. The third kappa shape index (κ3) is 5.79. The van der Waals surface area contributed by atoms with Crippen molar-refractivity contribution in [1.29, 1.82) is 0 Å². The van der Waals surface area contributed by atoms with Gasteiger partial charge in [-0.15, -0.1) is 0 Å². The molecule has 1 aliphatic carbocycles. The molecule has 0 radical (unpaired) electrons. The van der Waals surface area contributed by atoms with Crippen LogP contribution >= 0.6 is 0 Å². The molecule has 0 bridgehead atoms. The highest BCUT2D eigenvalue weighted by Crippen LogP contribution is 2.29. The number of rotatable bonds is 9. The molecule has 7 nitrogen and oxygen atoms in total. The molecule has 2 aromatic carbocycles. The van der Waals surface area contributed by atoms with E-state index in [2.05, 4.69) is 0 Å². The van der Waals surface area contributed by atoms with Crippen LogP contribution in [-0.2, 0) is 20.9 Å². The van der Waals surface area contributed by atoms with Crippen molar-refractivity contribution in [2.75, 3.05) is 13.2 Å². The van der Waals surface area contributed by atoms with Crippen molar-refractivity contribution in [3.63, 3.8) is 0 Å². The van der Waals surface area contributed by atoms with Crippen molar-refractivity contribution in [2.45, 2.75) is 32.0 Å². The number of hydrogen-bond acceptors (Lipinski definition) is 7. The van der Waals surface area contributed by atoms with Crippen molar-refractivity contribution in [1.82, 2.24) is 0 Å². The van der Waals surface area contributed by atoms with Crippen LogP contribution in [-0.4, -0.2) is 30.2 Å². The first kappa shape index (κ1) is 20.8. The maximum absolute atomic E-state index is 12.2. The molecule has 1 saturated carbocycles. The molecule has 1 aliphatic rings. The van der Waals surface area contributed by atoms with E-state index in [0.717, 1.165) is 19.3 Å². The third-order valence-electron chi connectivity index (χ3n) is 4.82. The van der Waals surface area contributed by atoms with E-state index in [9.17, 15) is 14.7 Å². The van der Waals surface area contributed by atoms with Crippen LogP contribution < -0.4 is 15.2 Å². The number of aliphatic hydroxyl groups excluding tert-OH is 1. The number of nitrogens with two attached hydrogens (primary N) is 1. The third-order valence-corrected chi connectivity index (χ3v) is 4.82. The normalized spacial score (nSPS) is 14.6. The second kappa shape index (κ2) is 10.0. The molecule has 1 unspecified atom stereocenters. The molecule has 154 valence electrons. The molecule has 3 rings (SSSR count). The Labute approximate surface area is 169 Å². The highest BCUT2D eigenvalue weighted by atomic mass is 16.6. The molecule has 1 fully saturated rings. The first-order valence-corrected chi connectivity index (χ1v) is 9.63. The Kier molecular flexibility index (Phi) is 7.21. The Morgan fingerprint density at radius 1 is 1.14 bits per heavy atom. The van der Waals surface area contributed by atoms with Gasteiger partial charge in [0.25, 0.3) is 0 Å². The zero-order chi connectivity index (χ0) is 20.6. The van der Waals surface area contributed by atoms with Gasteiger partial charge in [0.05, 0.1) is 12.0 Å². The maximum Gasteiger partial charge on any atom is 0.349 e. The summed E-state index contributed by atoms with van der Waals surface area (Å²) in [7, 11) is 0. The summed E-state index contributed by atoms with van der Waals surface area (Å²) < 4.78 is 16.2. The minimum absolute atomic E-state index is 0.0470. The molecule has 0 heterocycles. The number of carbonyl (C=O) groups is 2. The molecule has 29 heavy (non-hydrogen) atoms. The molecule has 3 N–H and O–H groups in total. The molecule has 7 heteroatoms. The Bertz CT molecular complexity index is 834. The van der Waals surface area contributed by atoms with Crippen LogP contribution in [0.25, 0.3) is 0 Å². The summed E-state index contributed by atoms with van der Waals surface area (Å²) in [6.45, 7) is -0.271. The van der Waals surface area contributed by atoms with Crippen LogP contribution in [0, 0.1) is 5.92 Å². The van der Waals surface area contributed by atoms with Crippen LogP contribution in [0.15, 0.2) is 48.5 Å². The first-order valence-electron chi connectivity index (χ1n) is 9.63. The summed E-state index contributed by atoms with van der Waals surface area (Å²) in [5, 5.41) is 9.99. The topological polar surface area (TPSA) is 108 Å². The van der Waals surface area contributed by atoms with Crippen LogP contribution in [0.2, 0.25) is 0 Å². The van der Waals surface area contributed by atoms with E-state index in [4.69, 9.17) is 19.9 Å². The van der Waals surface area contributed by atoms with E-state index >= 15 is 0 Å². The monoisotopic (exact) mass is 399 g/mol. The summed E-state index contributed by atoms with van der Waals surface area (Å²) in [5.41, 5.74) is 6.56. The highest BCUT2D eigenvalue weighted by molar-refractivity contribution is 5.75. The smallest absolute Gasteiger partial charge is 0.349 e. The Morgan fingerprint density at radius 3 is 2.55 bits per heavy atom. The van der Waals surface area contributed by atoms with Crippen LogP contribution in [0.4, 0.5) is 0 Å². The van der Waals surface area contributed by atoms with Gasteiger partial charge in [0.2, 0.25) is 0 Å². The van der Waals surface area contributed by atoms with Gasteiger partial charge in [-0.2, -0.15) is 0 Å². The summed E-state index contributed by atoms with van der Waals surface area (Å²) in [6.07, 6.45) is 1.84. The number of aliphatic hydroxyl groups is 1. The largest absolute Gasteiger partial charge is 0.482 e. The average Bonchev–Trinajstić information content (AvgIpc) is 2.70. The van der Waals surface area contributed by atoms with Gasteiger partial charge in [-0.1, -0.05) is 30.7 Å². The molecule has 2 aromatic rings. The van der Waals surface area contributed by atoms with Crippen molar-refractivity contribution >= 4 is 11.9 Å². The summed E-state index contributed by atoms with van der Waals surface area (Å²) in [5.74, 6) is -0.0992. The summed E-state index contributed by atoms with van der Waals surface area (Å²) in [4.78, 5) is 24.2. The minimum atomic E-state index is -0.859. The quantitative estimate of drug-likeness (QED) is 0.493. The fourth-order valence-electron chi connectivity index (χ4n) is 2.88.